The van der Waals surface area contributed by atoms with Gasteiger partial charge in [0.05, 0.1) is 22.9 Å². The smallest absolute Gasteiger partial charge is 0.417 e. The van der Waals surface area contributed by atoms with E-state index >= 15 is 0 Å². The second kappa shape index (κ2) is 13.1. The number of likely N-dealkylation sites (tertiary alicyclic amines) is 1. The molecular weight excluding hydrogens is 567 g/mol. The number of carbonyl (C=O) groups excluding carboxylic acids is 4. The van der Waals surface area contributed by atoms with E-state index in [0.29, 0.717) is 19.4 Å². The lowest BCUT2D eigenvalue weighted by molar-refractivity contribution is -0.138. The Morgan fingerprint density at radius 1 is 1.19 bits per heavy atom. The second-order valence-electron chi connectivity index (χ2n) is 12.3. The molecule has 1 saturated heterocycles. The van der Waals surface area contributed by atoms with Gasteiger partial charge >= 0.3 is 6.18 Å². The Kier molecular flexibility index (Phi) is 10.4. The minimum absolute atomic E-state index is 0.0125. The summed E-state index contributed by atoms with van der Waals surface area (Å²) < 4.78 is 49.2. The fourth-order valence-electron chi connectivity index (χ4n) is 5.52. The van der Waals surface area contributed by atoms with Crippen LogP contribution in [-0.2, 0) is 20.6 Å². The van der Waals surface area contributed by atoms with Crippen molar-refractivity contribution in [2.45, 2.75) is 97.6 Å². The van der Waals surface area contributed by atoms with Gasteiger partial charge in [-0.3, -0.25) is 19.2 Å². The summed E-state index contributed by atoms with van der Waals surface area (Å²) in [5.41, 5.74) is 2.82. The molecule has 0 bridgehead atoms. The molecule has 2 atom stereocenters. The predicted octanol–water partition coefficient (Wildman–Crippen LogP) is 3.56. The normalized spacial score (nSPS) is 19.2. The van der Waals surface area contributed by atoms with E-state index in [4.69, 9.17) is 10.5 Å². The van der Waals surface area contributed by atoms with E-state index in [1.807, 2.05) is 13.8 Å². The number of amides is 4. The molecular formula is C30H44F3N5O5. The third kappa shape index (κ3) is 7.42. The van der Waals surface area contributed by atoms with E-state index in [1.165, 1.54) is 23.6 Å². The number of anilines is 1. The van der Waals surface area contributed by atoms with Gasteiger partial charge in [-0.15, -0.1) is 0 Å². The van der Waals surface area contributed by atoms with E-state index in [0.717, 1.165) is 12.1 Å². The highest BCUT2D eigenvalue weighted by Gasteiger charge is 2.45. The maximum atomic E-state index is 14.5. The van der Waals surface area contributed by atoms with Crippen LogP contribution in [0, 0.1) is 5.92 Å². The molecule has 2 heterocycles. The van der Waals surface area contributed by atoms with Gasteiger partial charge in [0.1, 0.15) is 5.75 Å². The van der Waals surface area contributed by atoms with Gasteiger partial charge < -0.3 is 30.5 Å². The molecule has 0 aromatic heterocycles. The first kappa shape index (κ1) is 34.1. The van der Waals surface area contributed by atoms with Crippen LogP contribution >= 0.6 is 0 Å². The van der Waals surface area contributed by atoms with Crippen molar-refractivity contribution in [2.24, 2.45) is 11.7 Å². The molecule has 2 aliphatic rings. The van der Waals surface area contributed by atoms with Crippen LogP contribution in [0.3, 0.4) is 0 Å². The first-order valence-electron chi connectivity index (χ1n) is 14.8. The molecule has 240 valence electrons. The van der Waals surface area contributed by atoms with E-state index < -0.39 is 52.8 Å². The Morgan fingerprint density at radius 2 is 1.84 bits per heavy atom. The summed E-state index contributed by atoms with van der Waals surface area (Å²) in [4.78, 5) is 56.5. The SMILES string of the molecule is CCC(=O)NCCN1C(=O)C(C)(C)Oc2cc(C(F)(F)F)c(C(=O)N(C(C)C)[C@@H]3CCCN(C(=O)[C@H](N)C(C)C)C3)cc21. The molecule has 2 aliphatic heterocycles. The minimum atomic E-state index is -4.91. The van der Waals surface area contributed by atoms with Gasteiger partial charge in [-0.1, -0.05) is 20.8 Å². The fourth-order valence-corrected chi connectivity index (χ4v) is 5.52. The first-order valence-corrected chi connectivity index (χ1v) is 14.8. The molecule has 3 N–H and O–H groups in total. The monoisotopic (exact) mass is 611 g/mol. The molecule has 43 heavy (non-hydrogen) atoms. The summed E-state index contributed by atoms with van der Waals surface area (Å²) in [6, 6.07) is 0.0600. The van der Waals surface area contributed by atoms with Gasteiger partial charge in [-0.25, -0.2) is 0 Å². The number of nitrogens with zero attached hydrogens (tertiary/aromatic N) is 3. The van der Waals surface area contributed by atoms with E-state index in [1.54, 1.807) is 25.7 Å². The number of ether oxygens (including phenoxy) is 1. The van der Waals surface area contributed by atoms with Crippen molar-refractivity contribution in [1.29, 1.82) is 0 Å². The summed E-state index contributed by atoms with van der Waals surface area (Å²) in [6.45, 7) is 12.3. The number of halogens is 3. The topological polar surface area (TPSA) is 125 Å². The number of benzene rings is 1. The largest absolute Gasteiger partial charge is 0.476 e. The Hall–Kier alpha value is -3.35. The number of alkyl halides is 3. The number of nitrogens with two attached hydrogens (primary N) is 1. The third-order valence-corrected chi connectivity index (χ3v) is 7.93. The molecule has 1 fully saturated rings. The molecule has 13 heteroatoms. The number of rotatable bonds is 9. The molecule has 0 radical (unpaired) electrons. The minimum Gasteiger partial charge on any atom is -0.476 e. The maximum Gasteiger partial charge on any atom is 0.417 e. The van der Waals surface area contributed by atoms with Crippen LogP contribution in [0.25, 0.3) is 0 Å². The second-order valence-corrected chi connectivity index (χ2v) is 12.3. The zero-order valence-corrected chi connectivity index (χ0v) is 26.0. The van der Waals surface area contributed by atoms with Crippen molar-refractivity contribution in [2.75, 3.05) is 31.1 Å². The van der Waals surface area contributed by atoms with Crippen molar-refractivity contribution in [3.05, 3.63) is 23.3 Å². The van der Waals surface area contributed by atoms with Crippen molar-refractivity contribution in [1.82, 2.24) is 15.1 Å². The average molecular weight is 612 g/mol. The molecule has 0 spiro atoms. The highest BCUT2D eigenvalue weighted by molar-refractivity contribution is 6.05. The molecule has 0 unspecified atom stereocenters. The van der Waals surface area contributed by atoms with Gasteiger partial charge in [0.25, 0.3) is 11.8 Å². The Labute approximate surface area is 251 Å². The molecule has 10 nitrogen and oxygen atoms in total. The number of carbonyl (C=O) groups is 4. The number of hydrogen-bond acceptors (Lipinski definition) is 6. The van der Waals surface area contributed by atoms with Crippen molar-refractivity contribution >= 4 is 29.3 Å². The summed E-state index contributed by atoms with van der Waals surface area (Å²) in [5, 5.41) is 2.67. The third-order valence-electron chi connectivity index (χ3n) is 7.93. The molecule has 3 rings (SSSR count). The lowest BCUT2D eigenvalue weighted by atomic mass is 9.96. The zero-order chi connectivity index (χ0) is 32.4. The Bertz CT molecular complexity index is 1230. The van der Waals surface area contributed by atoms with Crippen LogP contribution < -0.4 is 20.7 Å². The summed E-state index contributed by atoms with van der Waals surface area (Å²) in [5.74, 6) is -2.19. The quantitative estimate of drug-likeness (QED) is 0.440. The van der Waals surface area contributed by atoms with Crippen molar-refractivity contribution in [3.8, 4) is 5.75 Å². The number of nitrogens with one attached hydrogen (secondary N) is 1. The van der Waals surface area contributed by atoms with Gasteiger partial charge in [-0.2, -0.15) is 13.2 Å². The van der Waals surface area contributed by atoms with Crippen molar-refractivity contribution in [3.63, 3.8) is 0 Å². The number of fused-ring (bicyclic) bond motifs is 1. The van der Waals surface area contributed by atoms with Crippen LogP contribution in [0.4, 0.5) is 18.9 Å². The highest BCUT2D eigenvalue weighted by Crippen LogP contribution is 2.44. The molecule has 4 amide bonds. The summed E-state index contributed by atoms with van der Waals surface area (Å²) in [7, 11) is 0. The number of piperidine rings is 1. The predicted molar refractivity (Wildman–Crippen MR) is 156 cm³/mol. The Balaban J connectivity index is 2.06. The molecule has 0 aliphatic carbocycles. The zero-order valence-electron chi connectivity index (χ0n) is 26.0. The number of hydrogen-bond donors (Lipinski definition) is 2. The van der Waals surface area contributed by atoms with E-state index in [2.05, 4.69) is 5.32 Å². The van der Waals surface area contributed by atoms with Gasteiger partial charge in [0.2, 0.25) is 11.8 Å². The lowest BCUT2D eigenvalue weighted by Crippen LogP contribution is -2.57. The van der Waals surface area contributed by atoms with Crippen molar-refractivity contribution < 1.29 is 37.1 Å². The van der Waals surface area contributed by atoms with Gasteiger partial charge in [0.15, 0.2) is 5.60 Å². The van der Waals surface area contributed by atoms with Crippen LogP contribution in [0.15, 0.2) is 12.1 Å². The fraction of sp³-hybridized carbons (Fsp3) is 0.667. The molecule has 0 saturated carbocycles. The maximum absolute atomic E-state index is 14.5. The summed E-state index contributed by atoms with van der Waals surface area (Å²) in [6.07, 6.45) is -3.62. The molecule has 1 aromatic rings. The standard InChI is InChI=1S/C30H44F3N5O5/c1-8-24(39)35-11-13-37-22-14-20(21(30(31,32)33)15-23(22)43-29(6,7)28(37)42)26(40)38(18(4)5)19-10-9-12-36(16-19)27(41)25(34)17(2)3/h14-15,17-19,25H,8-13,16,34H2,1-7H3,(H,35,39)/t19-,25-/m1/s1. The molecule has 1 aromatic carbocycles. The van der Waals surface area contributed by atoms with E-state index in [-0.39, 0.29) is 55.2 Å². The van der Waals surface area contributed by atoms with Crippen LogP contribution in [0.1, 0.15) is 83.7 Å². The first-order chi connectivity index (χ1) is 19.9. The van der Waals surface area contributed by atoms with Crippen LogP contribution in [-0.4, -0.2) is 83.3 Å². The van der Waals surface area contributed by atoms with Gasteiger partial charge in [-0.05, 0) is 58.6 Å². The summed E-state index contributed by atoms with van der Waals surface area (Å²) >= 11 is 0. The van der Waals surface area contributed by atoms with Crippen LogP contribution in [0.5, 0.6) is 5.75 Å². The highest BCUT2D eigenvalue weighted by atomic mass is 19.4. The Morgan fingerprint density at radius 3 is 2.40 bits per heavy atom. The lowest BCUT2D eigenvalue weighted by Gasteiger charge is -2.43. The van der Waals surface area contributed by atoms with E-state index in [9.17, 15) is 32.3 Å². The van der Waals surface area contributed by atoms with Gasteiger partial charge in [0, 0.05) is 44.7 Å². The average Bonchev–Trinajstić information content (AvgIpc) is 2.92. The van der Waals surface area contributed by atoms with Crippen LogP contribution in [0.2, 0.25) is 0 Å².